The Morgan fingerprint density at radius 1 is 0.963 bits per heavy atom. The molecule has 1 amide bonds. The van der Waals surface area contributed by atoms with Crippen molar-refractivity contribution in [2.45, 2.75) is 37.5 Å². The number of rotatable bonds is 7. The van der Waals surface area contributed by atoms with Gasteiger partial charge in [0.2, 0.25) is 10.0 Å². The van der Waals surface area contributed by atoms with E-state index in [4.69, 9.17) is 0 Å². The monoisotopic (exact) mass is 386 g/mol. The van der Waals surface area contributed by atoms with Crippen molar-refractivity contribution in [3.63, 3.8) is 0 Å². The molecule has 0 bridgehead atoms. The molecule has 1 heterocycles. The SMILES string of the molecule is CCCCNC(=O)c1ccc(-c2ccc(S(=O)(=O)N3CCCC3)cc2)cc1. The quantitative estimate of drug-likeness (QED) is 0.739. The molecule has 0 aromatic heterocycles. The van der Waals surface area contributed by atoms with E-state index in [9.17, 15) is 13.2 Å². The molecule has 0 saturated carbocycles. The van der Waals surface area contributed by atoms with Gasteiger partial charge in [-0.1, -0.05) is 37.6 Å². The molecule has 0 atom stereocenters. The van der Waals surface area contributed by atoms with Crippen molar-refractivity contribution < 1.29 is 13.2 Å². The first-order chi connectivity index (χ1) is 13.0. The molecule has 6 heteroatoms. The number of hydrogen-bond donors (Lipinski definition) is 1. The number of carbonyl (C=O) groups is 1. The first kappa shape index (κ1) is 19.6. The molecule has 144 valence electrons. The molecular formula is C21H26N2O3S. The summed E-state index contributed by atoms with van der Waals surface area (Å²) >= 11 is 0. The lowest BCUT2D eigenvalue weighted by Gasteiger charge is -2.15. The summed E-state index contributed by atoms with van der Waals surface area (Å²) in [7, 11) is -3.39. The molecule has 1 saturated heterocycles. The lowest BCUT2D eigenvalue weighted by atomic mass is 10.0. The molecule has 2 aromatic carbocycles. The summed E-state index contributed by atoms with van der Waals surface area (Å²) in [5.41, 5.74) is 2.50. The van der Waals surface area contributed by atoms with Gasteiger partial charge < -0.3 is 5.32 Å². The summed E-state index contributed by atoms with van der Waals surface area (Å²) in [6, 6.07) is 14.3. The van der Waals surface area contributed by atoms with Crippen molar-refractivity contribution in [3.05, 3.63) is 54.1 Å². The molecule has 1 fully saturated rings. The molecule has 2 aromatic rings. The molecule has 3 rings (SSSR count). The zero-order valence-electron chi connectivity index (χ0n) is 15.6. The normalized spacial score (nSPS) is 15.0. The van der Waals surface area contributed by atoms with Crippen molar-refractivity contribution in [2.75, 3.05) is 19.6 Å². The second-order valence-corrected chi connectivity index (χ2v) is 8.76. The highest BCUT2D eigenvalue weighted by Gasteiger charge is 2.26. The van der Waals surface area contributed by atoms with Crippen molar-refractivity contribution in [3.8, 4) is 11.1 Å². The van der Waals surface area contributed by atoms with Crippen LogP contribution in [-0.4, -0.2) is 38.3 Å². The van der Waals surface area contributed by atoms with E-state index >= 15 is 0 Å². The molecule has 27 heavy (non-hydrogen) atoms. The van der Waals surface area contributed by atoms with Gasteiger partial charge in [-0.15, -0.1) is 0 Å². The van der Waals surface area contributed by atoms with E-state index in [1.807, 2.05) is 24.3 Å². The Kier molecular flexibility index (Phi) is 6.29. The van der Waals surface area contributed by atoms with Crippen LogP contribution in [0.2, 0.25) is 0 Å². The van der Waals surface area contributed by atoms with Crippen LogP contribution in [-0.2, 0) is 10.0 Å². The van der Waals surface area contributed by atoms with E-state index in [1.54, 1.807) is 28.6 Å². The second kappa shape index (κ2) is 8.67. The van der Waals surface area contributed by atoms with Crippen LogP contribution in [0.1, 0.15) is 43.0 Å². The predicted molar refractivity (Wildman–Crippen MR) is 107 cm³/mol. The van der Waals surface area contributed by atoms with E-state index in [-0.39, 0.29) is 5.91 Å². The molecule has 1 aliphatic heterocycles. The van der Waals surface area contributed by atoms with Gasteiger partial charge in [0, 0.05) is 25.2 Å². The minimum absolute atomic E-state index is 0.0675. The van der Waals surface area contributed by atoms with E-state index in [2.05, 4.69) is 12.2 Å². The number of amides is 1. The van der Waals surface area contributed by atoms with Gasteiger partial charge in [0.15, 0.2) is 0 Å². The molecule has 0 aliphatic carbocycles. The third-order valence-electron chi connectivity index (χ3n) is 4.85. The number of nitrogens with one attached hydrogen (secondary N) is 1. The van der Waals surface area contributed by atoms with Crippen LogP contribution in [0.25, 0.3) is 11.1 Å². The van der Waals surface area contributed by atoms with Gasteiger partial charge in [-0.2, -0.15) is 4.31 Å². The van der Waals surface area contributed by atoms with E-state index in [1.165, 1.54) is 0 Å². The summed E-state index contributed by atoms with van der Waals surface area (Å²) in [4.78, 5) is 12.4. The fraction of sp³-hybridized carbons (Fsp3) is 0.381. The Hall–Kier alpha value is -2.18. The predicted octanol–water partition coefficient (Wildman–Crippen LogP) is 3.67. The summed E-state index contributed by atoms with van der Waals surface area (Å²) in [5.74, 6) is -0.0675. The maximum Gasteiger partial charge on any atom is 0.251 e. The zero-order chi connectivity index (χ0) is 19.3. The van der Waals surface area contributed by atoms with Crippen LogP contribution in [0.3, 0.4) is 0 Å². The maximum atomic E-state index is 12.6. The van der Waals surface area contributed by atoms with Gasteiger partial charge in [-0.3, -0.25) is 4.79 Å². The Bertz CT molecular complexity index is 869. The highest BCUT2D eigenvalue weighted by molar-refractivity contribution is 7.89. The van der Waals surface area contributed by atoms with E-state index in [0.29, 0.717) is 30.1 Å². The number of carbonyl (C=O) groups excluding carboxylic acids is 1. The van der Waals surface area contributed by atoms with Crippen molar-refractivity contribution in [1.82, 2.24) is 9.62 Å². The van der Waals surface area contributed by atoms with Crippen LogP contribution >= 0.6 is 0 Å². The van der Waals surface area contributed by atoms with Gasteiger partial charge in [-0.05, 0) is 54.7 Å². The van der Waals surface area contributed by atoms with Crippen LogP contribution in [0.4, 0.5) is 0 Å². The van der Waals surface area contributed by atoms with Gasteiger partial charge in [0.05, 0.1) is 4.90 Å². The lowest BCUT2D eigenvalue weighted by Crippen LogP contribution is -2.27. The van der Waals surface area contributed by atoms with Crippen LogP contribution in [0.15, 0.2) is 53.4 Å². The first-order valence-electron chi connectivity index (χ1n) is 9.51. The fourth-order valence-corrected chi connectivity index (χ4v) is 4.71. The number of unbranched alkanes of at least 4 members (excludes halogenated alkanes) is 1. The number of nitrogens with zero attached hydrogens (tertiary/aromatic N) is 1. The first-order valence-corrected chi connectivity index (χ1v) is 11.0. The van der Waals surface area contributed by atoms with Crippen LogP contribution in [0.5, 0.6) is 0 Å². The van der Waals surface area contributed by atoms with Crippen LogP contribution in [0, 0.1) is 0 Å². The van der Waals surface area contributed by atoms with E-state index in [0.717, 1.165) is 36.8 Å². The number of sulfonamides is 1. The highest BCUT2D eigenvalue weighted by Crippen LogP contribution is 2.25. The third kappa shape index (κ3) is 4.57. The highest BCUT2D eigenvalue weighted by atomic mass is 32.2. The van der Waals surface area contributed by atoms with E-state index < -0.39 is 10.0 Å². The van der Waals surface area contributed by atoms with Crippen molar-refractivity contribution >= 4 is 15.9 Å². The molecule has 1 aliphatic rings. The number of hydrogen-bond acceptors (Lipinski definition) is 3. The largest absolute Gasteiger partial charge is 0.352 e. The molecule has 5 nitrogen and oxygen atoms in total. The Balaban J connectivity index is 1.71. The molecular weight excluding hydrogens is 360 g/mol. The Morgan fingerprint density at radius 3 is 2.07 bits per heavy atom. The Morgan fingerprint density at radius 2 is 1.52 bits per heavy atom. The van der Waals surface area contributed by atoms with Gasteiger partial charge in [0.25, 0.3) is 5.91 Å². The van der Waals surface area contributed by atoms with Gasteiger partial charge >= 0.3 is 0 Å². The van der Waals surface area contributed by atoms with Crippen molar-refractivity contribution in [1.29, 1.82) is 0 Å². The number of benzene rings is 2. The minimum Gasteiger partial charge on any atom is -0.352 e. The fourth-order valence-electron chi connectivity index (χ4n) is 3.19. The second-order valence-electron chi connectivity index (χ2n) is 6.82. The zero-order valence-corrected chi connectivity index (χ0v) is 16.5. The van der Waals surface area contributed by atoms with Gasteiger partial charge in [-0.25, -0.2) is 8.42 Å². The minimum atomic E-state index is -3.39. The molecule has 0 spiro atoms. The average molecular weight is 387 g/mol. The lowest BCUT2D eigenvalue weighted by molar-refractivity contribution is 0.0953. The average Bonchev–Trinajstić information content (AvgIpc) is 3.24. The summed E-state index contributed by atoms with van der Waals surface area (Å²) < 4.78 is 26.7. The Labute approximate surface area is 161 Å². The standard InChI is InChI=1S/C21H26N2O3S/c1-2-3-14-22-21(24)19-8-6-17(7-9-19)18-10-12-20(13-11-18)27(25,26)23-15-4-5-16-23/h6-13H,2-5,14-16H2,1H3,(H,22,24). The third-order valence-corrected chi connectivity index (χ3v) is 6.77. The summed E-state index contributed by atoms with van der Waals surface area (Å²) in [5, 5.41) is 2.90. The smallest absolute Gasteiger partial charge is 0.251 e. The summed E-state index contributed by atoms with van der Waals surface area (Å²) in [6.07, 6.45) is 3.87. The molecule has 0 unspecified atom stereocenters. The van der Waals surface area contributed by atoms with Crippen LogP contribution < -0.4 is 5.32 Å². The topological polar surface area (TPSA) is 66.5 Å². The van der Waals surface area contributed by atoms with Gasteiger partial charge in [0.1, 0.15) is 0 Å². The maximum absolute atomic E-state index is 12.6. The van der Waals surface area contributed by atoms with Crippen molar-refractivity contribution in [2.24, 2.45) is 0 Å². The molecule has 0 radical (unpaired) electrons. The molecule has 1 N–H and O–H groups in total. The summed E-state index contributed by atoms with van der Waals surface area (Å²) in [6.45, 7) is 3.98.